The number of H-pyrrole nitrogens is 1. The van der Waals surface area contributed by atoms with E-state index < -0.39 is 0 Å². The number of fused-ring (bicyclic) bond motifs is 2. The number of hydrogen-bond donors (Lipinski definition) is 1. The first kappa shape index (κ1) is 20.6. The third-order valence-corrected chi connectivity index (χ3v) is 7.43. The molecule has 0 radical (unpaired) electrons. The molecular formula is C24H30ClN3S. The fraction of sp³-hybridized carbons (Fsp3) is 0.500. The minimum Gasteiger partial charge on any atom is -1.00 e. The van der Waals surface area contributed by atoms with Crippen LogP contribution in [-0.4, -0.2) is 12.1 Å². The summed E-state index contributed by atoms with van der Waals surface area (Å²) < 4.78 is 1.31. The van der Waals surface area contributed by atoms with Gasteiger partial charge in [-0.2, -0.15) is 0 Å². The zero-order chi connectivity index (χ0) is 18.8. The maximum absolute atomic E-state index is 5.02. The van der Waals surface area contributed by atoms with Crippen LogP contribution in [0.25, 0.3) is 20.8 Å². The lowest BCUT2D eigenvalue weighted by molar-refractivity contribution is -0.330. The van der Waals surface area contributed by atoms with E-state index in [-0.39, 0.29) is 12.4 Å². The van der Waals surface area contributed by atoms with E-state index >= 15 is 0 Å². The molecule has 1 aromatic rings. The molecule has 0 atom stereocenters. The van der Waals surface area contributed by atoms with Crippen molar-refractivity contribution >= 4 is 27.2 Å². The van der Waals surface area contributed by atoms with Gasteiger partial charge < -0.3 is 17.7 Å². The molecule has 2 saturated carbocycles. The Hall–Kier alpha value is -1.65. The van der Waals surface area contributed by atoms with Gasteiger partial charge in [0.25, 0.3) is 0 Å². The molecule has 5 heteroatoms. The van der Waals surface area contributed by atoms with E-state index in [2.05, 4.69) is 46.7 Å². The summed E-state index contributed by atoms with van der Waals surface area (Å²) in [6.45, 7) is 0. The fourth-order valence-corrected chi connectivity index (χ4v) is 5.81. The van der Waals surface area contributed by atoms with Crippen LogP contribution in [0.4, 0.5) is 5.69 Å². The summed E-state index contributed by atoms with van der Waals surface area (Å²) in [4.78, 5) is 9.93. The number of rotatable bonds is 3. The van der Waals surface area contributed by atoms with Gasteiger partial charge in [-0.25, -0.2) is 4.98 Å². The molecule has 3 nitrogen and oxygen atoms in total. The number of nitrogens with one attached hydrogen (secondary N) is 2. The fourth-order valence-electron chi connectivity index (χ4n) is 4.75. The predicted molar refractivity (Wildman–Crippen MR) is 118 cm³/mol. The molecule has 29 heavy (non-hydrogen) atoms. The normalized spacial score (nSPS) is 19.4. The van der Waals surface area contributed by atoms with Crippen LogP contribution < -0.4 is 28.1 Å². The minimum atomic E-state index is 0. The Morgan fingerprint density at radius 2 is 1.62 bits per heavy atom. The Morgan fingerprint density at radius 1 is 0.862 bits per heavy atom. The van der Waals surface area contributed by atoms with E-state index in [1.54, 1.807) is 0 Å². The molecule has 2 fully saturated rings. The van der Waals surface area contributed by atoms with Crippen molar-refractivity contribution in [3.63, 3.8) is 0 Å². The Kier molecular flexibility index (Phi) is 6.71. The molecule has 0 saturated heterocycles. The van der Waals surface area contributed by atoms with Crippen LogP contribution in [0, 0.1) is 0 Å². The highest BCUT2D eigenvalue weighted by molar-refractivity contribution is 7.21. The first-order valence-corrected chi connectivity index (χ1v) is 11.9. The molecular weight excluding hydrogens is 398 g/mol. The molecule has 154 valence electrons. The number of nitrogens with zero attached hydrogens (tertiary/aromatic N) is 1. The van der Waals surface area contributed by atoms with Crippen molar-refractivity contribution in [2.75, 3.05) is 5.32 Å². The maximum Gasteiger partial charge on any atom is 0.221 e. The van der Waals surface area contributed by atoms with Crippen molar-refractivity contribution in [2.45, 2.75) is 76.3 Å². The van der Waals surface area contributed by atoms with Gasteiger partial charge >= 0.3 is 0 Å². The van der Waals surface area contributed by atoms with Crippen LogP contribution in [-0.2, 0) is 0 Å². The summed E-state index contributed by atoms with van der Waals surface area (Å²) in [6, 6.07) is 14.6. The second kappa shape index (κ2) is 9.44. The zero-order valence-corrected chi connectivity index (χ0v) is 18.5. The molecule has 1 aromatic carbocycles. The van der Waals surface area contributed by atoms with E-state index in [1.165, 1.54) is 90.7 Å². The van der Waals surface area contributed by atoms with Gasteiger partial charge in [-0.15, -0.1) is 11.3 Å². The molecule has 3 aliphatic carbocycles. The standard InChI is InChI=1S/C24H29N3S.ClH/c1-3-7-17(8-4-1)25-19-11-13-21-23(15-19)28-24-16-20(12-14-22(24)27-21)26-18-9-5-2-6-10-18;/h11-18,25H,1-10H2;1H. The quantitative estimate of drug-likeness (QED) is 0.641. The van der Waals surface area contributed by atoms with Crippen LogP contribution in [0.15, 0.2) is 41.4 Å². The number of aromatic nitrogens is 1. The third kappa shape index (κ3) is 4.92. The molecule has 2 N–H and O–H groups in total. The van der Waals surface area contributed by atoms with Gasteiger partial charge in [-0.1, -0.05) is 38.5 Å². The molecule has 0 amide bonds. The minimum absolute atomic E-state index is 0. The highest BCUT2D eigenvalue weighted by Gasteiger charge is 2.17. The van der Waals surface area contributed by atoms with E-state index in [9.17, 15) is 0 Å². The Balaban J connectivity index is 0.00000205. The van der Waals surface area contributed by atoms with Crippen molar-refractivity contribution in [3.8, 4) is 10.6 Å². The van der Waals surface area contributed by atoms with Crippen molar-refractivity contribution in [2.24, 2.45) is 4.99 Å². The van der Waals surface area contributed by atoms with Crippen molar-refractivity contribution in [1.82, 2.24) is 0 Å². The second-order valence-corrected chi connectivity index (χ2v) is 9.60. The van der Waals surface area contributed by atoms with E-state index in [0.29, 0.717) is 12.1 Å². The summed E-state index contributed by atoms with van der Waals surface area (Å²) in [5.74, 6) is 0. The van der Waals surface area contributed by atoms with Crippen molar-refractivity contribution < 1.29 is 17.4 Å². The molecule has 0 aromatic heterocycles. The van der Waals surface area contributed by atoms with Gasteiger partial charge in [0.2, 0.25) is 11.2 Å². The summed E-state index contributed by atoms with van der Waals surface area (Å²) in [5.41, 5.74) is 3.67. The largest absolute Gasteiger partial charge is 1.00 e. The van der Waals surface area contributed by atoms with E-state index in [1.807, 2.05) is 11.3 Å². The molecule has 0 bridgehead atoms. The average Bonchev–Trinajstić information content (AvgIpc) is 2.74. The number of anilines is 1. The van der Waals surface area contributed by atoms with E-state index in [0.717, 1.165) is 5.36 Å². The van der Waals surface area contributed by atoms with Crippen LogP contribution >= 0.6 is 11.3 Å². The summed E-state index contributed by atoms with van der Waals surface area (Å²) in [5, 5.41) is 4.90. The van der Waals surface area contributed by atoms with Crippen molar-refractivity contribution in [1.29, 1.82) is 0 Å². The van der Waals surface area contributed by atoms with Gasteiger partial charge in [0, 0.05) is 23.9 Å². The zero-order valence-electron chi connectivity index (χ0n) is 16.9. The molecule has 1 heterocycles. The molecule has 0 spiro atoms. The monoisotopic (exact) mass is 427 g/mol. The number of benzene rings is 2. The van der Waals surface area contributed by atoms with Crippen LogP contribution in [0.5, 0.6) is 0 Å². The summed E-state index contributed by atoms with van der Waals surface area (Å²) in [6.07, 6.45) is 13.3. The van der Waals surface area contributed by atoms with Gasteiger partial charge in [0.1, 0.15) is 9.58 Å². The van der Waals surface area contributed by atoms with E-state index in [4.69, 9.17) is 4.99 Å². The maximum atomic E-state index is 5.02. The predicted octanol–water partition coefficient (Wildman–Crippen LogP) is 2.80. The second-order valence-electron chi connectivity index (χ2n) is 8.52. The lowest BCUT2D eigenvalue weighted by Gasteiger charge is -2.23. The summed E-state index contributed by atoms with van der Waals surface area (Å²) >= 11 is 1.87. The topological polar surface area (TPSA) is 38.5 Å². The average molecular weight is 428 g/mol. The SMILES string of the molecule is [Cl-].c1cc2[nH+]c3ccc(=NC4CCCCC4)cc-3sc2cc1NC1CCCCC1. The first-order valence-electron chi connectivity index (χ1n) is 11.0. The Morgan fingerprint density at radius 3 is 2.41 bits per heavy atom. The number of hydrogen-bond acceptors (Lipinski definition) is 3. The molecule has 5 rings (SSSR count). The molecule has 0 unspecified atom stereocenters. The third-order valence-electron chi connectivity index (χ3n) is 6.32. The summed E-state index contributed by atoms with van der Waals surface area (Å²) in [7, 11) is 0. The number of aromatic amines is 1. The highest BCUT2D eigenvalue weighted by Crippen LogP contribution is 2.30. The molecule has 1 aliphatic heterocycles. The van der Waals surface area contributed by atoms with Gasteiger partial charge in [0.15, 0.2) is 0 Å². The Labute approximate surface area is 183 Å². The number of halogens is 1. The van der Waals surface area contributed by atoms with Gasteiger partial charge in [-0.3, -0.25) is 4.99 Å². The van der Waals surface area contributed by atoms with Crippen LogP contribution in [0.2, 0.25) is 0 Å². The van der Waals surface area contributed by atoms with Crippen LogP contribution in [0.1, 0.15) is 64.2 Å². The smallest absolute Gasteiger partial charge is 0.221 e. The van der Waals surface area contributed by atoms with Gasteiger partial charge in [0.05, 0.1) is 11.4 Å². The lowest BCUT2D eigenvalue weighted by Crippen LogP contribution is -3.00. The first-order chi connectivity index (χ1) is 13.8. The van der Waals surface area contributed by atoms with Crippen LogP contribution in [0.3, 0.4) is 0 Å². The highest BCUT2D eigenvalue weighted by atomic mass is 35.5. The van der Waals surface area contributed by atoms with Crippen molar-refractivity contribution in [3.05, 3.63) is 41.8 Å². The molecule has 4 aliphatic rings. The van der Waals surface area contributed by atoms with Gasteiger partial charge in [-0.05, 0) is 49.9 Å². The lowest BCUT2D eigenvalue weighted by atomic mass is 9.95. The Bertz CT molecular complexity index is 987.